The molecule has 0 unspecified atom stereocenters. The second kappa shape index (κ2) is 4.12. The van der Waals surface area contributed by atoms with Gasteiger partial charge in [0.1, 0.15) is 13.2 Å². The summed E-state index contributed by atoms with van der Waals surface area (Å²) in [5.74, 6) is 0.993. The van der Waals surface area contributed by atoms with Crippen molar-refractivity contribution in [3.63, 3.8) is 0 Å². The fourth-order valence-electron chi connectivity index (χ4n) is 2.30. The van der Waals surface area contributed by atoms with Crippen molar-refractivity contribution >= 4 is 22.6 Å². The lowest BCUT2D eigenvalue weighted by molar-refractivity contribution is 0.0941. The summed E-state index contributed by atoms with van der Waals surface area (Å²) < 4.78 is 12.5. The first kappa shape index (κ1) is 11.8. The first-order chi connectivity index (χ1) is 9.08. The van der Waals surface area contributed by atoms with E-state index in [0.717, 1.165) is 0 Å². The van der Waals surface area contributed by atoms with Gasteiger partial charge in [-0.05, 0) is 13.0 Å². The molecule has 0 fully saturated rings. The smallest absolute Gasteiger partial charge is 0.227 e. The summed E-state index contributed by atoms with van der Waals surface area (Å²) >= 11 is 0. The van der Waals surface area contributed by atoms with Crippen LogP contribution in [0.2, 0.25) is 0 Å². The van der Waals surface area contributed by atoms with Crippen LogP contribution in [0.4, 0.5) is 0 Å². The molecule has 98 valence electrons. The first-order valence-corrected chi connectivity index (χ1v) is 6.04. The van der Waals surface area contributed by atoms with Crippen molar-refractivity contribution in [1.82, 2.24) is 4.57 Å². The zero-order valence-electron chi connectivity index (χ0n) is 10.7. The van der Waals surface area contributed by atoms with Crippen LogP contribution in [0.25, 0.3) is 10.9 Å². The topological polar surface area (TPSA) is 57.5 Å². The Balaban J connectivity index is 2.34. The van der Waals surface area contributed by atoms with Gasteiger partial charge in [0.15, 0.2) is 17.3 Å². The largest absolute Gasteiger partial charge is 0.486 e. The van der Waals surface area contributed by atoms with Gasteiger partial charge in [0.2, 0.25) is 5.91 Å². The third-order valence-corrected chi connectivity index (χ3v) is 3.19. The molecule has 1 aromatic heterocycles. The van der Waals surface area contributed by atoms with Gasteiger partial charge in [-0.25, -0.2) is 0 Å². The van der Waals surface area contributed by atoms with Crippen LogP contribution in [0.1, 0.15) is 29.0 Å². The van der Waals surface area contributed by atoms with Crippen molar-refractivity contribution in [3.05, 3.63) is 23.9 Å². The molecule has 0 saturated heterocycles. The van der Waals surface area contributed by atoms with Crippen LogP contribution in [0.3, 0.4) is 0 Å². The summed E-state index contributed by atoms with van der Waals surface area (Å²) in [6, 6.07) is 3.51. The minimum atomic E-state index is -0.144. The Morgan fingerprint density at radius 1 is 1.11 bits per heavy atom. The lowest BCUT2D eigenvalue weighted by Gasteiger charge is -2.18. The van der Waals surface area contributed by atoms with Crippen LogP contribution in [0, 0.1) is 0 Å². The lowest BCUT2D eigenvalue weighted by atomic mass is 10.1. The molecule has 0 atom stereocenters. The van der Waals surface area contributed by atoms with Crippen molar-refractivity contribution in [1.29, 1.82) is 0 Å². The number of ether oxygens (including phenoxy) is 2. The standard InChI is InChI=1S/C14H13NO4/c1-8(16)11-7-15(9(2)17)12-6-14-13(5-10(11)12)18-3-4-19-14/h5-7H,3-4H2,1-2H3. The number of hydrogen-bond donors (Lipinski definition) is 0. The Morgan fingerprint density at radius 3 is 2.32 bits per heavy atom. The van der Waals surface area contributed by atoms with Crippen molar-refractivity contribution in [2.45, 2.75) is 13.8 Å². The number of rotatable bonds is 1. The van der Waals surface area contributed by atoms with Crippen LogP contribution in [0.5, 0.6) is 11.5 Å². The molecule has 19 heavy (non-hydrogen) atoms. The Morgan fingerprint density at radius 2 is 1.74 bits per heavy atom. The Kier molecular flexibility index (Phi) is 2.55. The molecule has 0 spiro atoms. The van der Waals surface area contributed by atoms with Gasteiger partial charge < -0.3 is 9.47 Å². The molecule has 5 heteroatoms. The Hall–Kier alpha value is -2.30. The van der Waals surface area contributed by atoms with Crippen LogP contribution in [-0.2, 0) is 0 Å². The van der Waals surface area contributed by atoms with E-state index in [1.54, 1.807) is 18.3 Å². The third kappa shape index (κ3) is 1.78. The average Bonchev–Trinajstić information content (AvgIpc) is 2.74. The lowest BCUT2D eigenvalue weighted by Crippen LogP contribution is -2.15. The summed E-state index contributed by atoms with van der Waals surface area (Å²) in [4.78, 5) is 23.3. The summed E-state index contributed by atoms with van der Waals surface area (Å²) in [5.41, 5.74) is 1.18. The highest BCUT2D eigenvalue weighted by Gasteiger charge is 2.19. The van der Waals surface area contributed by atoms with Crippen LogP contribution in [0.15, 0.2) is 18.3 Å². The maximum Gasteiger partial charge on any atom is 0.227 e. The SMILES string of the molecule is CC(=O)c1cn(C(C)=O)c2cc3c(cc12)OCCO3. The van der Waals surface area contributed by atoms with Crippen LogP contribution in [-0.4, -0.2) is 29.5 Å². The van der Waals surface area contributed by atoms with Gasteiger partial charge in [-0.1, -0.05) is 0 Å². The number of hydrogen-bond acceptors (Lipinski definition) is 4. The normalized spacial score (nSPS) is 13.6. The number of carbonyl (C=O) groups excluding carboxylic acids is 2. The summed E-state index contributed by atoms with van der Waals surface area (Å²) in [5, 5.41) is 0.715. The summed E-state index contributed by atoms with van der Waals surface area (Å²) in [7, 11) is 0. The van der Waals surface area contributed by atoms with E-state index in [1.165, 1.54) is 18.4 Å². The average molecular weight is 259 g/mol. The maximum absolute atomic E-state index is 11.7. The summed E-state index contributed by atoms with van der Waals surface area (Å²) in [6.45, 7) is 3.91. The number of ketones is 1. The van der Waals surface area contributed by atoms with Gasteiger partial charge in [-0.2, -0.15) is 0 Å². The molecular formula is C14H13NO4. The Labute approximate surface area is 109 Å². The minimum absolute atomic E-state index is 0.0818. The molecule has 0 saturated carbocycles. The Bertz CT molecular complexity index is 641. The fourth-order valence-corrected chi connectivity index (χ4v) is 2.30. The summed E-state index contributed by atoms with van der Waals surface area (Å²) in [6.07, 6.45) is 1.57. The molecule has 0 amide bonds. The van der Waals surface area contributed by atoms with Crippen molar-refractivity contribution < 1.29 is 19.1 Å². The van der Waals surface area contributed by atoms with Crippen molar-refractivity contribution in [3.8, 4) is 11.5 Å². The number of nitrogens with zero attached hydrogens (tertiary/aromatic N) is 1. The monoisotopic (exact) mass is 259 g/mol. The zero-order valence-corrected chi connectivity index (χ0v) is 10.7. The predicted molar refractivity (Wildman–Crippen MR) is 69.2 cm³/mol. The second-order valence-corrected chi connectivity index (χ2v) is 4.50. The molecule has 1 aliphatic rings. The molecule has 3 rings (SSSR count). The molecule has 2 heterocycles. The third-order valence-electron chi connectivity index (χ3n) is 3.19. The van der Waals surface area contributed by atoms with Gasteiger partial charge in [0.25, 0.3) is 0 Å². The predicted octanol–water partition coefficient (Wildman–Crippen LogP) is 2.28. The highest BCUT2D eigenvalue weighted by atomic mass is 16.6. The second-order valence-electron chi connectivity index (χ2n) is 4.50. The molecule has 0 radical (unpaired) electrons. The van der Waals surface area contributed by atoms with E-state index in [0.29, 0.717) is 41.2 Å². The molecule has 1 aliphatic heterocycles. The van der Waals surface area contributed by atoms with E-state index in [4.69, 9.17) is 9.47 Å². The molecular weight excluding hydrogens is 246 g/mol. The fraction of sp³-hybridized carbons (Fsp3) is 0.286. The molecule has 5 nitrogen and oxygen atoms in total. The molecule has 0 aliphatic carbocycles. The van der Waals surface area contributed by atoms with Crippen molar-refractivity contribution in [2.24, 2.45) is 0 Å². The van der Waals surface area contributed by atoms with E-state index in [1.807, 2.05) is 0 Å². The zero-order chi connectivity index (χ0) is 13.6. The molecule has 0 N–H and O–H groups in total. The van der Waals surface area contributed by atoms with E-state index < -0.39 is 0 Å². The minimum Gasteiger partial charge on any atom is -0.486 e. The molecule has 0 bridgehead atoms. The van der Waals surface area contributed by atoms with Gasteiger partial charge in [-0.15, -0.1) is 0 Å². The maximum atomic E-state index is 11.7. The number of benzene rings is 1. The molecule has 1 aromatic carbocycles. The van der Waals surface area contributed by atoms with E-state index in [-0.39, 0.29) is 11.7 Å². The number of fused-ring (bicyclic) bond motifs is 2. The van der Waals surface area contributed by atoms with Crippen LogP contribution >= 0.6 is 0 Å². The van der Waals surface area contributed by atoms with Gasteiger partial charge in [-0.3, -0.25) is 14.2 Å². The quantitative estimate of drug-likeness (QED) is 0.737. The van der Waals surface area contributed by atoms with E-state index >= 15 is 0 Å². The number of carbonyl (C=O) groups is 2. The van der Waals surface area contributed by atoms with E-state index in [9.17, 15) is 9.59 Å². The van der Waals surface area contributed by atoms with Crippen LogP contribution < -0.4 is 9.47 Å². The highest BCUT2D eigenvalue weighted by Crippen LogP contribution is 2.36. The first-order valence-electron chi connectivity index (χ1n) is 6.04. The highest BCUT2D eigenvalue weighted by molar-refractivity contribution is 6.10. The van der Waals surface area contributed by atoms with Crippen molar-refractivity contribution in [2.75, 3.05) is 13.2 Å². The van der Waals surface area contributed by atoms with Gasteiger partial charge in [0.05, 0.1) is 5.52 Å². The number of aromatic nitrogens is 1. The molecule has 2 aromatic rings. The van der Waals surface area contributed by atoms with E-state index in [2.05, 4.69) is 0 Å². The number of Topliss-reactive ketones (excluding diaryl/α,β-unsaturated/α-hetero) is 1. The van der Waals surface area contributed by atoms with Gasteiger partial charge >= 0.3 is 0 Å². The van der Waals surface area contributed by atoms with Gasteiger partial charge in [0, 0.05) is 30.1 Å².